The summed E-state index contributed by atoms with van der Waals surface area (Å²) in [6.07, 6.45) is 0. The summed E-state index contributed by atoms with van der Waals surface area (Å²) >= 11 is 0. The number of carbonyl (C=O) groups is 1. The second-order valence-corrected chi connectivity index (χ2v) is 3.94. The van der Waals surface area contributed by atoms with Crippen molar-refractivity contribution < 1.29 is 9.53 Å². The maximum absolute atomic E-state index is 11.8. The van der Waals surface area contributed by atoms with E-state index in [0.29, 0.717) is 19.0 Å². The molecule has 0 radical (unpaired) electrons. The van der Waals surface area contributed by atoms with Gasteiger partial charge in [-0.05, 0) is 14.1 Å². The number of nitrogens with zero attached hydrogens (tertiary/aromatic N) is 1. The first-order valence-corrected chi connectivity index (χ1v) is 4.30. The SMILES string of the molecule is CC(C)C(=O)C1(N(C)C)COC1. The molecule has 3 heteroatoms. The number of rotatable bonds is 3. The molecule has 0 aromatic rings. The zero-order valence-corrected chi connectivity index (χ0v) is 8.26. The van der Waals surface area contributed by atoms with Gasteiger partial charge in [-0.3, -0.25) is 9.69 Å². The molecule has 1 rings (SSSR count). The quantitative estimate of drug-likeness (QED) is 0.621. The van der Waals surface area contributed by atoms with Crippen molar-refractivity contribution >= 4 is 5.78 Å². The van der Waals surface area contributed by atoms with Gasteiger partial charge in [0.2, 0.25) is 0 Å². The average molecular weight is 171 g/mol. The molecule has 3 nitrogen and oxygen atoms in total. The molecule has 0 bridgehead atoms. The van der Waals surface area contributed by atoms with Crippen LogP contribution in [0.1, 0.15) is 13.8 Å². The molecule has 0 aliphatic carbocycles. The van der Waals surface area contributed by atoms with E-state index in [4.69, 9.17) is 4.74 Å². The van der Waals surface area contributed by atoms with Crippen LogP contribution in [0.15, 0.2) is 0 Å². The topological polar surface area (TPSA) is 29.5 Å². The summed E-state index contributed by atoms with van der Waals surface area (Å²) in [5.74, 6) is 0.384. The molecule has 0 unspecified atom stereocenters. The lowest BCUT2D eigenvalue weighted by Gasteiger charge is -2.45. The average Bonchev–Trinajstić information content (AvgIpc) is 1.83. The number of ketones is 1. The highest BCUT2D eigenvalue weighted by Gasteiger charge is 2.48. The van der Waals surface area contributed by atoms with Gasteiger partial charge in [0, 0.05) is 5.92 Å². The number of likely N-dealkylation sites (N-methyl/N-ethyl adjacent to an activating group) is 1. The smallest absolute Gasteiger partial charge is 0.160 e. The van der Waals surface area contributed by atoms with Crippen LogP contribution in [0, 0.1) is 5.92 Å². The van der Waals surface area contributed by atoms with Crippen LogP contribution in [-0.4, -0.2) is 43.5 Å². The maximum atomic E-state index is 11.8. The van der Waals surface area contributed by atoms with Gasteiger partial charge in [0.25, 0.3) is 0 Å². The Labute approximate surface area is 73.7 Å². The van der Waals surface area contributed by atoms with Crippen molar-refractivity contribution in [2.75, 3.05) is 27.3 Å². The molecule has 0 spiro atoms. The molecule has 0 aromatic carbocycles. The van der Waals surface area contributed by atoms with E-state index in [1.54, 1.807) is 0 Å². The van der Waals surface area contributed by atoms with Crippen LogP contribution in [0.4, 0.5) is 0 Å². The number of hydrogen-bond donors (Lipinski definition) is 0. The molecule has 0 amide bonds. The van der Waals surface area contributed by atoms with Gasteiger partial charge in [-0.1, -0.05) is 13.8 Å². The van der Waals surface area contributed by atoms with E-state index in [1.165, 1.54) is 0 Å². The van der Waals surface area contributed by atoms with E-state index in [2.05, 4.69) is 0 Å². The van der Waals surface area contributed by atoms with Crippen molar-refractivity contribution in [2.45, 2.75) is 19.4 Å². The first kappa shape index (κ1) is 9.68. The van der Waals surface area contributed by atoms with Crippen LogP contribution >= 0.6 is 0 Å². The fourth-order valence-electron chi connectivity index (χ4n) is 1.45. The van der Waals surface area contributed by atoms with Crippen molar-refractivity contribution in [2.24, 2.45) is 5.92 Å². The minimum atomic E-state index is -0.325. The monoisotopic (exact) mass is 171 g/mol. The Balaban J connectivity index is 2.74. The lowest BCUT2D eigenvalue weighted by Crippen LogP contribution is -2.65. The van der Waals surface area contributed by atoms with Crippen molar-refractivity contribution in [1.82, 2.24) is 4.90 Å². The van der Waals surface area contributed by atoms with Crippen LogP contribution in [0.5, 0.6) is 0 Å². The van der Waals surface area contributed by atoms with Crippen molar-refractivity contribution in [1.29, 1.82) is 0 Å². The van der Waals surface area contributed by atoms with E-state index in [0.717, 1.165) is 0 Å². The minimum absolute atomic E-state index is 0.0938. The van der Waals surface area contributed by atoms with Gasteiger partial charge in [-0.15, -0.1) is 0 Å². The third-order valence-electron chi connectivity index (χ3n) is 2.52. The summed E-state index contributed by atoms with van der Waals surface area (Å²) in [6.45, 7) is 4.98. The van der Waals surface area contributed by atoms with Crippen molar-refractivity contribution in [3.05, 3.63) is 0 Å². The second-order valence-electron chi connectivity index (χ2n) is 3.94. The highest BCUT2D eigenvalue weighted by atomic mass is 16.5. The predicted octanol–water partition coefficient (Wildman–Crippen LogP) is 0.542. The molecule has 1 saturated heterocycles. The normalized spacial score (nSPS) is 21.2. The number of carbonyl (C=O) groups excluding carboxylic acids is 1. The number of hydrogen-bond acceptors (Lipinski definition) is 3. The summed E-state index contributed by atoms with van der Waals surface area (Å²) in [5, 5.41) is 0. The maximum Gasteiger partial charge on any atom is 0.160 e. The molecule has 1 heterocycles. The van der Waals surface area contributed by atoms with Crippen molar-refractivity contribution in [3.63, 3.8) is 0 Å². The fraction of sp³-hybridized carbons (Fsp3) is 0.889. The molecule has 70 valence electrons. The van der Waals surface area contributed by atoms with Crippen LogP contribution in [0.3, 0.4) is 0 Å². The zero-order valence-electron chi connectivity index (χ0n) is 8.26. The molecule has 1 aliphatic rings. The third kappa shape index (κ3) is 1.27. The highest BCUT2D eigenvalue weighted by molar-refractivity contribution is 5.91. The molecular formula is C9H17NO2. The van der Waals surface area contributed by atoms with E-state index in [1.807, 2.05) is 32.8 Å². The van der Waals surface area contributed by atoms with E-state index in [9.17, 15) is 4.79 Å². The van der Waals surface area contributed by atoms with Gasteiger partial charge in [-0.2, -0.15) is 0 Å². The largest absolute Gasteiger partial charge is 0.376 e. The van der Waals surface area contributed by atoms with Crippen LogP contribution in [0.25, 0.3) is 0 Å². The summed E-state index contributed by atoms with van der Waals surface area (Å²) < 4.78 is 5.11. The Kier molecular flexibility index (Phi) is 2.54. The first-order chi connectivity index (χ1) is 5.50. The number of ether oxygens (including phenoxy) is 1. The summed E-state index contributed by atoms with van der Waals surface area (Å²) in [6, 6.07) is 0. The Morgan fingerprint density at radius 2 is 1.92 bits per heavy atom. The van der Waals surface area contributed by atoms with Gasteiger partial charge in [0.05, 0.1) is 13.2 Å². The summed E-state index contributed by atoms with van der Waals surface area (Å²) in [4.78, 5) is 13.7. The van der Waals surface area contributed by atoms with E-state index < -0.39 is 0 Å². The molecule has 12 heavy (non-hydrogen) atoms. The summed E-state index contributed by atoms with van der Waals surface area (Å²) in [7, 11) is 3.87. The van der Waals surface area contributed by atoms with E-state index in [-0.39, 0.29) is 11.5 Å². The van der Waals surface area contributed by atoms with Gasteiger partial charge in [0.15, 0.2) is 5.78 Å². The standard InChI is InChI=1S/C9H17NO2/c1-7(2)8(11)9(10(3)4)5-12-6-9/h7H,5-6H2,1-4H3. The van der Waals surface area contributed by atoms with Gasteiger partial charge >= 0.3 is 0 Å². The Bertz CT molecular complexity index is 183. The first-order valence-electron chi connectivity index (χ1n) is 4.30. The molecular weight excluding hydrogens is 154 g/mol. The Morgan fingerprint density at radius 3 is 2.00 bits per heavy atom. The zero-order chi connectivity index (χ0) is 9.35. The lowest BCUT2D eigenvalue weighted by molar-refractivity contribution is -0.165. The van der Waals surface area contributed by atoms with Crippen molar-refractivity contribution in [3.8, 4) is 0 Å². The lowest BCUT2D eigenvalue weighted by atomic mass is 9.84. The third-order valence-corrected chi connectivity index (χ3v) is 2.52. The molecule has 0 aromatic heterocycles. The molecule has 0 atom stereocenters. The second kappa shape index (κ2) is 3.15. The predicted molar refractivity (Wildman–Crippen MR) is 47.1 cm³/mol. The Morgan fingerprint density at radius 1 is 1.42 bits per heavy atom. The van der Waals surface area contributed by atoms with Gasteiger partial charge in [0.1, 0.15) is 5.54 Å². The van der Waals surface area contributed by atoms with Gasteiger partial charge < -0.3 is 4.74 Å². The highest BCUT2D eigenvalue weighted by Crippen LogP contribution is 2.26. The minimum Gasteiger partial charge on any atom is -0.376 e. The molecule has 1 aliphatic heterocycles. The molecule has 1 fully saturated rings. The summed E-state index contributed by atoms with van der Waals surface area (Å²) in [5.41, 5.74) is -0.325. The molecule has 0 saturated carbocycles. The van der Waals surface area contributed by atoms with Crippen LogP contribution < -0.4 is 0 Å². The fourth-order valence-corrected chi connectivity index (χ4v) is 1.45. The van der Waals surface area contributed by atoms with E-state index >= 15 is 0 Å². The molecule has 0 N–H and O–H groups in total. The van der Waals surface area contributed by atoms with Crippen LogP contribution in [-0.2, 0) is 9.53 Å². The van der Waals surface area contributed by atoms with Crippen LogP contribution in [0.2, 0.25) is 0 Å². The van der Waals surface area contributed by atoms with Gasteiger partial charge in [-0.25, -0.2) is 0 Å². The Hall–Kier alpha value is -0.410. The number of Topliss-reactive ketones (excluding diaryl/α,β-unsaturated/α-hetero) is 1.